The monoisotopic (exact) mass is 221 g/mol. The fourth-order valence-corrected chi connectivity index (χ4v) is 1.77. The first kappa shape index (κ1) is 12.6. The molecule has 1 aromatic carbocycles. The van der Waals surface area contributed by atoms with Gasteiger partial charge in [0.05, 0.1) is 5.92 Å². The Kier molecular flexibility index (Phi) is 4.35. The lowest BCUT2D eigenvalue weighted by Gasteiger charge is -2.23. The summed E-state index contributed by atoms with van der Waals surface area (Å²) in [4.78, 5) is 12.8. The van der Waals surface area contributed by atoms with Gasteiger partial charge in [0.25, 0.3) is 0 Å². The van der Waals surface area contributed by atoms with Gasteiger partial charge in [0.2, 0.25) is 0 Å². The van der Waals surface area contributed by atoms with Gasteiger partial charge in [-0.1, -0.05) is 32.0 Å². The summed E-state index contributed by atoms with van der Waals surface area (Å²) >= 11 is 0. The molecule has 3 nitrogen and oxygen atoms in total. The number of benzene rings is 1. The van der Waals surface area contributed by atoms with Crippen molar-refractivity contribution in [2.45, 2.75) is 20.3 Å². The van der Waals surface area contributed by atoms with E-state index in [0.29, 0.717) is 6.54 Å². The molecule has 0 heterocycles. The third kappa shape index (κ3) is 2.99. The van der Waals surface area contributed by atoms with E-state index in [1.54, 1.807) is 6.92 Å². The summed E-state index contributed by atoms with van der Waals surface area (Å²) in [6, 6.07) is 8.11. The van der Waals surface area contributed by atoms with Crippen LogP contribution in [0.4, 0.5) is 5.69 Å². The van der Waals surface area contributed by atoms with Crippen molar-refractivity contribution in [3.05, 3.63) is 29.8 Å². The van der Waals surface area contributed by atoms with Crippen molar-refractivity contribution in [3.8, 4) is 0 Å². The lowest BCUT2D eigenvalue weighted by Crippen LogP contribution is -2.29. The fraction of sp³-hybridized carbons (Fsp3) is 0.462. The summed E-state index contributed by atoms with van der Waals surface area (Å²) in [6.45, 7) is 4.37. The Balaban J connectivity index is 2.79. The smallest absolute Gasteiger partial charge is 0.308 e. The molecular weight excluding hydrogens is 202 g/mol. The second kappa shape index (κ2) is 5.54. The quantitative estimate of drug-likeness (QED) is 0.830. The molecule has 3 heteroatoms. The first-order chi connectivity index (χ1) is 7.56. The fourth-order valence-electron chi connectivity index (χ4n) is 1.77. The van der Waals surface area contributed by atoms with Crippen LogP contribution in [-0.4, -0.2) is 24.7 Å². The maximum atomic E-state index is 10.8. The van der Waals surface area contributed by atoms with Crippen molar-refractivity contribution < 1.29 is 9.90 Å². The third-order valence-corrected chi connectivity index (χ3v) is 2.75. The molecule has 0 radical (unpaired) electrons. The highest BCUT2D eigenvalue weighted by molar-refractivity contribution is 5.70. The van der Waals surface area contributed by atoms with Crippen LogP contribution in [0.5, 0.6) is 0 Å². The van der Waals surface area contributed by atoms with E-state index in [1.807, 2.05) is 30.1 Å². The van der Waals surface area contributed by atoms with Crippen LogP contribution in [0.25, 0.3) is 0 Å². The lowest BCUT2D eigenvalue weighted by atomic mass is 10.1. The van der Waals surface area contributed by atoms with Gasteiger partial charge in [-0.15, -0.1) is 0 Å². The zero-order valence-corrected chi connectivity index (χ0v) is 10.1. The number of para-hydroxylation sites is 1. The Morgan fingerprint density at radius 2 is 2.06 bits per heavy atom. The van der Waals surface area contributed by atoms with Crippen molar-refractivity contribution in [3.63, 3.8) is 0 Å². The molecule has 1 N–H and O–H groups in total. The maximum absolute atomic E-state index is 10.8. The lowest BCUT2D eigenvalue weighted by molar-refractivity contribution is -0.140. The third-order valence-electron chi connectivity index (χ3n) is 2.75. The first-order valence-electron chi connectivity index (χ1n) is 5.58. The van der Waals surface area contributed by atoms with Gasteiger partial charge in [0.1, 0.15) is 0 Å². The highest BCUT2D eigenvalue weighted by Crippen LogP contribution is 2.20. The highest BCUT2D eigenvalue weighted by atomic mass is 16.4. The summed E-state index contributed by atoms with van der Waals surface area (Å²) in [5.41, 5.74) is 2.38. The van der Waals surface area contributed by atoms with Crippen molar-refractivity contribution >= 4 is 11.7 Å². The number of nitrogens with zero attached hydrogens (tertiary/aromatic N) is 1. The molecule has 0 saturated heterocycles. The molecule has 0 aliphatic carbocycles. The molecule has 0 amide bonds. The Morgan fingerprint density at radius 1 is 1.44 bits per heavy atom. The highest BCUT2D eigenvalue weighted by Gasteiger charge is 2.15. The number of hydrogen-bond acceptors (Lipinski definition) is 2. The zero-order chi connectivity index (χ0) is 12.1. The SMILES string of the molecule is CCc1ccccc1N(C)CC(C)C(=O)O. The number of carbonyl (C=O) groups is 1. The van der Waals surface area contributed by atoms with Crippen molar-refractivity contribution in [1.29, 1.82) is 0 Å². The molecule has 1 aromatic rings. The molecule has 1 atom stereocenters. The molecule has 0 spiro atoms. The van der Waals surface area contributed by atoms with Gasteiger partial charge < -0.3 is 10.0 Å². The number of aryl methyl sites for hydroxylation is 1. The van der Waals surface area contributed by atoms with Gasteiger partial charge in [0, 0.05) is 19.3 Å². The maximum Gasteiger partial charge on any atom is 0.308 e. The van der Waals surface area contributed by atoms with Gasteiger partial charge in [-0.05, 0) is 18.1 Å². The van der Waals surface area contributed by atoms with Crippen LogP contribution < -0.4 is 4.90 Å². The Labute approximate surface area is 96.7 Å². The number of aliphatic carboxylic acids is 1. The van der Waals surface area contributed by atoms with Crippen LogP contribution in [0.2, 0.25) is 0 Å². The van der Waals surface area contributed by atoms with Gasteiger partial charge >= 0.3 is 5.97 Å². The summed E-state index contributed by atoms with van der Waals surface area (Å²) in [5, 5.41) is 8.88. The Hall–Kier alpha value is -1.51. The summed E-state index contributed by atoms with van der Waals surface area (Å²) in [6.07, 6.45) is 0.960. The molecule has 0 aromatic heterocycles. The summed E-state index contributed by atoms with van der Waals surface area (Å²) in [5.74, 6) is -1.10. The second-order valence-electron chi connectivity index (χ2n) is 4.10. The minimum Gasteiger partial charge on any atom is -0.481 e. The van der Waals surface area contributed by atoms with E-state index in [-0.39, 0.29) is 5.92 Å². The average molecular weight is 221 g/mol. The predicted molar refractivity (Wildman–Crippen MR) is 65.9 cm³/mol. The van der Waals surface area contributed by atoms with E-state index < -0.39 is 5.97 Å². The molecule has 0 saturated carbocycles. The van der Waals surface area contributed by atoms with Gasteiger partial charge in [-0.3, -0.25) is 4.79 Å². The molecule has 16 heavy (non-hydrogen) atoms. The minimum atomic E-state index is -0.749. The molecule has 88 valence electrons. The summed E-state index contributed by atoms with van der Waals surface area (Å²) in [7, 11) is 1.94. The predicted octanol–water partition coefficient (Wildman–Crippen LogP) is 2.41. The van der Waals surface area contributed by atoms with E-state index in [4.69, 9.17) is 5.11 Å². The molecule has 0 fully saturated rings. The van der Waals surface area contributed by atoms with Gasteiger partial charge in [-0.2, -0.15) is 0 Å². The minimum absolute atomic E-state index is 0.352. The zero-order valence-electron chi connectivity index (χ0n) is 10.1. The van der Waals surface area contributed by atoms with E-state index in [0.717, 1.165) is 12.1 Å². The number of carboxylic acid groups (broad SMARTS) is 1. The van der Waals surface area contributed by atoms with Crippen LogP contribution in [0.15, 0.2) is 24.3 Å². The molecule has 1 unspecified atom stereocenters. The van der Waals surface area contributed by atoms with Crippen LogP contribution in [-0.2, 0) is 11.2 Å². The standard InChI is InChI=1S/C13H19NO2/c1-4-11-7-5-6-8-12(11)14(3)9-10(2)13(15)16/h5-8,10H,4,9H2,1-3H3,(H,15,16). The number of carboxylic acids is 1. The van der Waals surface area contributed by atoms with Crippen molar-refractivity contribution in [2.24, 2.45) is 5.92 Å². The van der Waals surface area contributed by atoms with Crippen LogP contribution in [0.3, 0.4) is 0 Å². The van der Waals surface area contributed by atoms with Gasteiger partial charge in [-0.25, -0.2) is 0 Å². The second-order valence-corrected chi connectivity index (χ2v) is 4.10. The topological polar surface area (TPSA) is 40.5 Å². The molecule has 1 rings (SSSR count). The molecule has 0 aliphatic rings. The molecular formula is C13H19NO2. The van der Waals surface area contributed by atoms with E-state index in [2.05, 4.69) is 13.0 Å². The van der Waals surface area contributed by atoms with Crippen molar-refractivity contribution in [2.75, 3.05) is 18.5 Å². The van der Waals surface area contributed by atoms with Crippen LogP contribution in [0.1, 0.15) is 19.4 Å². The number of anilines is 1. The van der Waals surface area contributed by atoms with Gasteiger partial charge in [0.15, 0.2) is 0 Å². The van der Waals surface area contributed by atoms with E-state index >= 15 is 0 Å². The van der Waals surface area contributed by atoms with E-state index in [1.165, 1.54) is 5.56 Å². The molecule has 0 bridgehead atoms. The Bertz CT molecular complexity index is 363. The number of rotatable bonds is 5. The first-order valence-corrected chi connectivity index (χ1v) is 5.58. The largest absolute Gasteiger partial charge is 0.481 e. The number of hydrogen-bond donors (Lipinski definition) is 1. The van der Waals surface area contributed by atoms with E-state index in [9.17, 15) is 4.79 Å². The van der Waals surface area contributed by atoms with Crippen LogP contribution in [0, 0.1) is 5.92 Å². The summed E-state index contributed by atoms with van der Waals surface area (Å²) < 4.78 is 0. The average Bonchev–Trinajstić information content (AvgIpc) is 2.28. The normalized spacial score (nSPS) is 12.2. The van der Waals surface area contributed by atoms with Crippen LogP contribution >= 0.6 is 0 Å². The Morgan fingerprint density at radius 3 is 2.62 bits per heavy atom. The molecule has 0 aliphatic heterocycles. The van der Waals surface area contributed by atoms with Crippen molar-refractivity contribution in [1.82, 2.24) is 0 Å².